The van der Waals surface area contributed by atoms with Gasteiger partial charge in [0, 0.05) is 19.6 Å². The summed E-state index contributed by atoms with van der Waals surface area (Å²) in [6.07, 6.45) is 0. The maximum absolute atomic E-state index is 12.2. The molecule has 0 aliphatic heterocycles. The lowest BCUT2D eigenvalue weighted by Gasteiger charge is -2.18. The highest BCUT2D eigenvalue weighted by atomic mass is 16.5. The van der Waals surface area contributed by atoms with Gasteiger partial charge in [0.05, 0.1) is 16.6 Å². The predicted molar refractivity (Wildman–Crippen MR) is 94.6 cm³/mol. The molecule has 0 fully saturated rings. The van der Waals surface area contributed by atoms with Gasteiger partial charge in [0.1, 0.15) is 5.69 Å². The summed E-state index contributed by atoms with van der Waals surface area (Å²) in [5, 5.41) is 0. The Morgan fingerprint density at radius 1 is 1.20 bits per heavy atom. The van der Waals surface area contributed by atoms with E-state index in [2.05, 4.69) is 4.98 Å². The van der Waals surface area contributed by atoms with Gasteiger partial charge in [-0.3, -0.25) is 9.59 Å². The SMILES string of the molecule is CCN(CC)C(=O)COC(=O)c1ccc2c(c1)nc(C)c(=O)n2CC. The molecule has 0 unspecified atom stereocenters. The van der Waals surface area contributed by atoms with Crippen molar-refractivity contribution in [2.75, 3.05) is 19.7 Å². The molecule has 2 aromatic rings. The van der Waals surface area contributed by atoms with Gasteiger partial charge in [-0.2, -0.15) is 0 Å². The Labute approximate surface area is 146 Å². The highest BCUT2D eigenvalue weighted by molar-refractivity contribution is 5.94. The second kappa shape index (κ2) is 7.92. The Bertz CT molecular complexity index is 853. The zero-order chi connectivity index (χ0) is 18.6. The highest BCUT2D eigenvalue weighted by Gasteiger charge is 2.15. The normalized spacial score (nSPS) is 10.7. The third-order valence-corrected chi connectivity index (χ3v) is 4.10. The van der Waals surface area contributed by atoms with Crippen molar-refractivity contribution in [2.24, 2.45) is 0 Å². The molecule has 1 aromatic heterocycles. The number of carbonyl (C=O) groups excluding carboxylic acids is 2. The van der Waals surface area contributed by atoms with Crippen LogP contribution in [0.5, 0.6) is 0 Å². The zero-order valence-electron chi connectivity index (χ0n) is 15.0. The molecular weight excluding hydrogens is 322 g/mol. The molecule has 0 saturated carbocycles. The number of hydrogen-bond donors (Lipinski definition) is 0. The van der Waals surface area contributed by atoms with Crippen molar-refractivity contribution in [1.82, 2.24) is 14.5 Å². The first-order valence-electron chi connectivity index (χ1n) is 8.38. The molecular formula is C18H23N3O4. The number of benzene rings is 1. The average Bonchev–Trinajstić information content (AvgIpc) is 2.61. The van der Waals surface area contributed by atoms with Crippen LogP contribution in [0.2, 0.25) is 0 Å². The van der Waals surface area contributed by atoms with Crippen LogP contribution in [-0.4, -0.2) is 46.0 Å². The van der Waals surface area contributed by atoms with E-state index in [4.69, 9.17) is 4.74 Å². The first-order chi connectivity index (χ1) is 11.9. The third-order valence-electron chi connectivity index (χ3n) is 4.10. The molecule has 1 aromatic carbocycles. The molecule has 7 nitrogen and oxygen atoms in total. The summed E-state index contributed by atoms with van der Waals surface area (Å²) in [7, 11) is 0. The lowest BCUT2D eigenvalue weighted by atomic mass is 10.2. The van der Waals surface area contributed by atoms with Crippen molar-refractivity contribution in [2.45, 2.75) is 34.2 Å². The molecule has 0 spiro atoms. The largest absolute Gasteiger partial charge is 0.452 e. The van der Waals surface area contributed by atoms with E-state index in [1.54, 1.807) is 34.6 Å². The van der Waals surface area contributed by atoms with Gasteiger partial charge >= 0.3 is 5.97 Å². The molecule has 0 aliphatic rings. The van der Waals surface area contributed by atoms with Crippen LogP contribution in [0.15, 0.2) is 23.0 Å². The fourth-order valence-corrected chi connectivity index (χ4v) is 2.69. The summed E-state index contributed by atoms with van der Waals surface area (Å²) in [5.74, 6) is -0.816. The second-order valence-electron chi connectivity index (χ2n) is 5.59. The number of aryl methyl sites for hydroxylation is 2. The number of amides is 1. The van der Waals surface area contributed by atoms with Gasteiger partial charge in [-0.05, 0) is 45.9 Å². The van der Waals surface area contributed by atoms with Gasteiger partial charge in [0.25, 0.3) is 11.5 Å². The second-order valence-corrected chi connectivity index (χ2v) is 5.59. The number of aromatic nitrogens is 2. The van der Waals surface area contributed by atoms with E-state index in [0.717, 1.165) is 0 Å². The van der Waals surface area contributed by atoms with Crippen molar-refractivity contribution in [1.29, 1.82) is 0 Å². The van der Waals surface area contributed by atoms with Crippen LogP contribution in [0, 0.1) is 6.92 Å². The molecule has 7 heteroatoms. The highest BCUT2D eigenvalue weighted by Crippen LogP contribution is 2.14. The number of ether oxygens (including phenoxy) is 1. The van der Waals surface area contributed by atoms with Crippen LogP contribution in [-0.2, 0) is 16.1 Å². The smallest absolute Gasteiger partial charge is 0.338 e. The molecule has 0 saturated heterocycles. The molecule has 1 heterocycles. The Balaban J connectivity index is 2.24. The first kappa shape index (κ1) is 18.6. The van der Waals surface area contributed by atoms with Crippen molar-refractivity contribution in [3.05, 3.63) is 39.8 Å². The van der Waals surface area contributed by atoms with Crippen molar-refractivity contribution in [3.8, 4) is 0 Å². The molecule has 134 valence electrons. The molecule has 0 aliphatic carbocycles. The first-order valence-corrected chi connectivity index (χ1v) is 8.38. The van der Waals surface area contributed by atoms with Crippen molar-refractivity contribution in [3.63, 3.8) is 0 Å². The van der Waals surface area contributed by atoms with Crippen LogP contribution in [0.4, 0.5) is 0 Å². The lowest BCUT2D eigenvalue weighted by molar-refractivity contribution is -0.134. The van der Waals surface area contributed by atoms with E-state index in [0.29, 0.717) is 41.9 Å². The molecule has 0 bridgehead atoms. The standard InChI is InChI=1S/C18H23N3O4/c1-5-20(6-2)16(22)11-25-18(24)13-8-9-15-14(10-13)19-12(4)17(23)21(15)7-3/h8-10H,5-7,11H2,1-4H3. The third kappa shape index (κ3) is 3.87. The van der Waals surface area contributed by atoms with Crippen LogP contribution < -0.4 is 5.56 Å². The van der Waals surface area contributed by atoms with E-state index >= 15 is 0 Å². The minimum Gasteiger partial charge on any atom is -0.452 e. The van der Waals surface area contributed by atoms with E-state index in [1.807, 2.05) is 20.8 Å². The molecule has 1 amide bonds. The maximum Gasteiger partial charge on any atom is 0.338 e. The Morgan fingerprint density at radius 2 is 1.88 bits per heavy atom. The summed E-state index contributed by atoms with van der Waals surface area (Å²) in [5.41, 5.74) is 1.73. The Kier molecular flexibility index (Phi) is 5.90. The van der Waals surface area contributed by atoms with Crippen LogP contribution in [0.1, 0.15) is 36.8 Å². The number of carbonyl (C=O) groups is 2. The fourth-order valence-electron chi connectivity index (χ4n) is 2.69. The number of fused-ring (bicyclic) bond motifs is 1. The number of likely N-dealkylation sites (N-methyl/N-ethyl adjacent to an activating group) is 1. The monoisotopic (exact) mass is 345 g/mol. The number of hydrogen-bond acceptors (Lipinski definition) is 5. The zero-order valence-corrected chi connectivity index (χ0v) is 15.0. The van der Waals surface area contributed by atoms with Crippen LogP contribution in [0.3, 0.4) is 0 Å². The van der Waals surface area contributed by atoms with E-state index in [-0.39, 0.29) is 18.1 Å². The molecule has 2 rings (SSSR count). The van der Waals surface area contributed by atoms with E-state index < -0.39 is 5.97 Å². The minimum atomic E-state index is -0.587. The molecule has 0 N–H and O–H groups in total. The van der Waals surface area contributed by atoms with Gasteiger partial charge in [-0.15, -0.1) is 0 Å². The number of nitrogens with zero attached hydrogens (tertiary/aromatic N) is 3. The number of esters is 1. The van der Waals surface area contributed by atoms with Gasteiger partial charge in [0.15, 0.2) is 6.61 Å². The van der Waals surface area contributed by atoms with Gasteiger partial charge in [0.2, 0.25) is 0 Å². The average molecular weight is 345 g/mol. The van der Waals surface area contributed by atoms with Gasteiger partial charge < -0.3 is 14.2 Å². The van der Waals surface area contributed by atoms with Crippen LogP contribution in [0.25, 0.3) is 11.0 Å². The summed E-state index contributed by atoms with van der Waals surface area (Å²) in [6, 6.07) is 4.84. The molecule has 25 heavy (non-hydrogen) atoms. The van der Waals surface area contributed by atoms with E-state index in [9.17, 15) is 14.4 Å². The summed E-state index contributed by atoms with van der Waals surface area (Å²) in [6.45, 7) is 8.62. The topological polar surface area (TPSA) is 81.5 Å². The maximum atomic E-state index is 12.2. The Hall–Kier alpha value is -2.70. The van der Waals surface area contributed by atoms with Crippen molar-refractivity contribution < 1.29 is 14.3 Å². The Morgan fingerprint density at radius 3 is 2.48 bits per heavy atom. The quantitative estimate of drug-likeness (QED) is 0.745. The molecule has 0 atom stereocenters. The molecule has 0 radical (unpaired) electrons. The summed E-state index contributed by atoms with van der Waals surface area (Å²) in [4.78, 5) is 42.1. The van der Waals surface area contributed by atoms with Gasteiger partial charge in [-0.1, -0.05) is 0 Å². The van der Waals surface area contributed by atoms with Crippen molar-refractivity contribution >= 4 is 22.9 Å². The van der Waals surface area contributed by atoms with Gasteiger partial charge in [-0.25, -0.2) is 9.78 Å². The minimum absolute atomic E-state index is 0.143. The summed E-state index contributed by atoms with van der Waals surface area (Å²) < 4.78 is 6.72. The predicted octanol–water partition coefficient (Wildman–Crippen LogP) is 1.75. The van der Waals surface area contributed by atoms with E-state index in [1.165, 1.54) is 0 Å². The lowest BCUT2D eigenvalue weighted by Crippen LogP contribution is -2.34. The number of rotatable bonds is 6. The summed E-state index contributed by atoms with van der Waals surface area (Å²) >= 11 is 0. The fraction of sp³-hybridized carbons (Fsp3) is 0.444. The van der Waals surface area contributed by atoms with Crippen LogP contribution >= 0.6 is 0 Å².